The van der Waals surface area contributed by atoms with Crippen LogP contribution in [0.15, 0.2) is 0 Å². The van der Waals surface area contributed by atoms with Crippen molar-refractivity contribution in [1.82, 2.24) is 0 Å². The van der Waals surface area contributed by atoms with Gasteiger partial charge in [0.05, 0.1) is 0 Å². The molecule has 0 radical (unpaired) electrons. The minimum atomic E-state index is -1.08. The highest BCUT2D eigenvalue weighted by Gasteiger charge is 2.11. The third-order valence-electron chi connectivity index (χ3n) is 0.641. The maximum Gasteiger partial charge on any atom is 0.344 e. The number of hydrogen-bond acceptors (Lipinski definition) is 3. The number of carboxylic acid groups (broad SMARTS) is 1. The van der Waals surface area contributed by atoms with Crippen molar-refractivity contribution < 1.29 is 14.6 Å². The van der Waals surface area contributed by atoms with Crippen molar-refractivity contribution in [3.05, 3.63) is 0 Å². The van der Waals surface area contributed by atoms with Crippen LogP contribution >= 0.6 is 12.2 Å². The van der Waals surface area contributed by atoms with Crippen molar-refractivity contribution in [3.8, 4) is 0 Å². The third kappa shape index (κ3) is 3.72. The molecule has 9 heavy (non-hydrogen) atoms. The molecule has 0 unspecified atom stereocenters. The minimum absolute atomic E-state index is 0.245. The monoisotopic (exact) mass is 149 g/mol. The lowest BCUT2D eigenvalue weighted by Gasteiger charge is -2.05. The number of aliphatic carboxylic acids is 1. The molecule has 1 atom stereocenters. The molecule has 0 heterocycles. The lowest BCUT2D eigenvalue weighted by Crippen LogP contribution is -2.26. The molecule has 0 fully saturated rings. The molecule has 0 amide bonds. The van der Waals surface area contributed by atoms with Crippen molar-refractivity contribution in [1.29, 1.82) is 0 Å². The van der Waals surface area contributed by atoms with E-state index in [2.05, 4.69) is 17.0 Å². The number of hydrogen-bond donors (Lipinski definition) is 2. The van der Waals surface area contributed by atoms with Gasteiger partial charge in [-0.3, -0.25) is 0 Å². The first kappa shape index (κ1) is 8.16. The molecule has 52 valence electrons. The molecule has 0 saturated carbocycles. The predicted molar refractivity (Wildman–Crippen MR) is 35.0 cm³/mol. The maximum absolute atomic E-state index is 9.99. The van der Waals surface area contributed by atoms with Gasteiger partial charge in [0.2, 0.25) is 0 Å². The summed E-state index contributed by atoms with van der Waals surface area (Å²) in [6.07, 6.45) is -0.956. The fourth-order valence-corrected chi connectivity index (χ4v) is 0.369. The molecule has 5 heteroatoms. The molecule has 0 bridgehead atoms. The van der Waals surface area contributed by atoms with E-state index in [0.29, 0.717) is 0 Å². The van der Waals surface area contributed by atoms with Crippen LogP contribution in [0.2, 0.25) is 0 Å². The van der Waals surface area contributed by atoms with E-state index in [1.165, 1.54) is 6.92 Å². The van der Waals surface area contributed by atoms with Gasteiger partial charge in [-0.15, -0.1) is 0 Å². The zero-order chi connectivity index (χ0) is 7.44. The Balaban J connectivity index is 3.63. The summed E-state index contributed by atoms with van der Waals surface area (Å²) in [4.78, 5) is 9.99. The van der Waals surface area contributed by atoms with Gasteiger partial charge in [-0.05, 0) is 19.1 Å². The first-order chi connectivity index (χ1) is 4.04. The van der Waals surface area contributed by atoms with Crippen molar-refractivity contribution in [2.24, 2.45) is 5.73 Å². The van der Waals surface area contributed by atoms with Crippen molar-refractivity contribution in [3.63, 3.8) is 0 Å². The summed E-state index contributed by atoms with van der Waals surface area (Å²) in [5.41, 5.74) is 4.88. The number of nitrogens with two attached hydrogens (primary N) is 1. The van der Waals surface area contributed by atoms with E-state index in [9.17, 15) is 4.79 Å². The van der Waals surface area contributed by atoms with E-state index in [4.69, 9.17) is 10.8 Å². The lowest BCUT2D eigenvalue weighted by atomic mass is 10.4. The summed E-state index contributed by atoms with van der Waals surface area (Å²) in [5, 5.41) is 7.95. The van der Waals surface area contributed by atoms with Gasteiger partial charge in [0.15, 0.2) is 6.10 Å². The first-order valence-electron chi connectivity index (χ1n) is 2.23. The summed E-state index contributed by atoms with van der Waals surface area (Å²) in [6.45, 7) is 1.35. The fraction of sp³-hybridized carbons (Fsp3) is 0.500. The van der Waals surface area contributed by atoms with E-state index in [-0.39, 0.29) is 5.17 Å². The van der Waals surface area contributed by atoms with Crippen LogP contribution in [-0.2, 0) is 9.53 Å². The Hall–Kier alpha value is -0.840. The van der Waals surface area contributed by atoms with Crippen molar-refractivity contribution in [2.75, 3.05) is 0 Å². The Labute approximate surface area is 57.6 Å². The second-order valence-corrected chi connectivity index (χ2v) is 1.82. The molecular weight excluding hydrogens is 142 g/mol. The van der Waals surface area contributed by atoms with Crippen LogP contribution in [0.1, 0.15) is 6.92 Å². The second-order valence-electron chi connectivity index (χ2n) is 1.42. The molecule has 0 aliphatic rings. The SMILES string of the molecule is C[C@@H](OC(N)=S)C(=O)O. The van der Waals surface area contributed by atoms with Crippen LogP contribution in [0.4, 0.5) is 0 Å². The Bertz CT molecular complexity index is 136. The average molecular weight is 149 g/mol. The van der Waals surface area contributed by atoms with Gasteiger partial charge in [-0.1, -0.05) is 0 Å². The number of ether oxygens (including phenoxy) is 1. The topological polar surface area (TPSA) is 72.5 Å². The Morgan fingerprint density at radius 2 is 2.33 bits per heavy atom. The quantitative estimate of drug-likeness (QED) is 0.528. The van der Waals surface area contributed by atoms with Crippen molar-refractivity contribution in [2.45, 2.75) is 13.0 Å². The number of thiocarbonyl (C=S) groups is 1. The largest absolute Gasteiger partial charge is 0.479 e. The summed E-state index contributed by atoms with van der Waals surface area (Å²) < 4.78 is 4.42. The van der Waals surface area contributed by atoms with Gasteiger partial charge in [-0.2, -0.15) is 0 Å². The van der Waals surface area contributed by atoms with Gasteiger partial charge < -0.3 is 15.6 Å². The van der Waals surface area contributed by atoms with Gasteiger partial charge >= 0.3 is 5.97 Å². The van der Waals surface area contributed by atoms with Crippen LogP contribution < -0.4 is 5.73 Å². The second kappa shape index (κ2) is 3.24. The number of carboxylic acids is 1. The molecule has 0 spiro atoms. The van der Waals surface area contributed by atoms with Crippen LogP contribution in [0, 0.1) is 0 Å². The Morgan fingerprint density at radius 3 is 2.44 bits per heavy atom. The average Bonchev–Trinajstić information content (AvgIpc) is 1.63. The summed E-state index contributed by atoms with van der Waals surface area (Å²) in [7, 11) is 0. The Kier molecular flexibility index (Phi) is 2.94. The lowest BCUT2D eigenvalue weighted by molar-refractivity contribution is -0.144. The van der Waals surface area contributed by atoms with Crippen LogP contribution in [0.5, 0.6) is 0 Å². The van der Waals surface area contributed by atoms with E-state index in [1.54, 1.807) is 0 Å². The van der Waals surface area contributed by atoms with Gasteiger partial charge in [0.25, 0.3) is 5.17 Å². The maximum atomic E-state index is 9.99. The third-order valence-corrected chi connectivity index (χ3v) is 0.737. The highest BCUT2D eigenvalue weighted by molar-refractivity contribution is 7.80. The molecule has 3 N–H and O–H groups in total. The molecule has 0 aromatic heterocycles. The highest BCUT2D eigenvalue weighted by Crippen LogP contribution is 1.88. The normalized spacial score (nSPS) is 12.1. The molecule has 0 saturated heterocycles. The number of carbonyl (C=O) groups is 1. The molecule has 4 nitrogen and oxygen atoms in total. The highest BCUT2D eigenvalue weighted by atomic mass is 32.1. The standard InChI is InChI=1S/C4H7NO3S/c1-2(3(6)7)8-4(5)9/h2H,1H3,(H2,5,9)(H,6,7)/t2-/m1/s1. The summed E-state index contributed by atoms with van der Waals surface area (Å²) >= 11 is 4.28. The van der Waals surface area contributed by atoms with E-state index >= 15 is 0 Å². The molecular formula is C4H7NO3S. The molecule has 0 aliphatic carbocycles. The predicted octanol–water partition coefficient (Wildman–Crippen LogP) is -0.280. The van der Waals surface area contributed by atoms with Crippen LogP contribution in [-0.4, -0.2) is 22.4 Å². The van der Waals surface area contributed by atoms with E-state index in [1.807, 2.05) is 0 Å². The first-order valence-corrected chi connectivity index (χ1v) is 2.63. The smallest absolute Gasteiger partial charge is 0.344 e. The van der Waals surface area contributed by atoms with Crippen molar-refractivity contribution >= 4 is 23.4 Å². The van der Waals surface area contributed by atoms with Crippen LogP contribution in [0.3, 0.4) is 0 Å². The molecule has 0 aromatic carbocycles. The van der Waals surface area contributed by atoms with E-state index < -0.39 is 12.1 Å². The summed E-state index contributed by atoms with van der Waals surface area (Å²) in [5.74, 6) is -1.08. The fourth-order valence-electron chi connectivity index (χ4n) is 0.225. The molecule has 0 rings (SSSR count). The number of rotatable bonds is 2. The van der Waals surface area contributed by atoms with Crippen LogP contribution in [0.25, 0.3) is 0 Å². The van der Waals surface area contributed by atoms with Gasteiger partial charge in [0.1, 0.15) is 0 Å². The zero-order valence-electron chi connectivity index (χ0n) is 4.83. The van der Waals surface area contributed by atoms with Gasteiger partial charge in [0, 0.05) is 0 Å². The minimum Gasteiger partial charge on any atom is -0.479 e. The zero-order valence-corrected chi connectivity index (χ0v) is 5.64. The Morgan fingerprint density at radius 1 is 1.89 bits per heavy atom. The van der Waals surface area contributed by atoms with E-state index in [0.717, 1.165) is 0 Å². The molecule has 0 aromatic rings. The summed E-state index contributed by atoms with van der Waals surface area (Å²) in [6, 6.07) is 0. The molecule has 0 aliphatic heterocycles. The van der Waals surface area contributed by atoms with Gasteiger partial charge in [-0.25, -0.2) is 4.79 Å².